The first-order valence-corrected chi connectivity index (χ1v) is 11.7. The van der Waals surface area contributed by atoms with Gasteiger partial charge in [0.2, 0.25) is 11.4 Å². The minimum Gasteiger partial charge on any atom is -0.459 e. The number of nitrogens with zero attached hydrogens (tertiary/aromatic N) is 3. The number of ether oxygens (including phenoxy) is 1. The molecule has 1 aliphatic rings. The van der Waals surface area contributed by atoms with Gasteiger partial charge in [0.15, 0.2) is 0 Å². The lowest BCUT2D eigenvalue weighted by atomic mass is 9.87. The molecule has 0 spiro atoms. The Morgan fingerprint density at radius 3 is 2.51 bits per heavy atom. The number of imide groups is 1. The Morgan fingerprint density at radius 2 is 1.84 bits per heavy atom. The molecule has 0 aliphatic carbocycles. The summed E-state index contributed by atoms with van der Waals surface area (Å²) in [4.78, 5) is 70.3. The summed E-state index contributed by atoms with van der Waals surface area (Å²) in [5.74, 6) is -2.33. The lowest BCUT2D eigenvalue weighted by Gasteiger charge is -2.35. The molecule has 192 valence electrons. The highest BCUT2D eigenvalue weighted by Crippen LogP contribution is 2.30. The molecule has 11 heteroatoms. The van der Waals surface area contributed by atoms with Gasteiger partial charge in [0.1, 0.15) is 12.4 Å². The summed E-state index contributed by atoms with van der Waals surface area (Å²) >= 11 is 0. The van der Waals surface area contributed by atoms with Gasteiger partial charge in [0.25, 0.3) is 11.5 Å². The monoisotopic (exact) mass is 505 g/mol. The Labute approximate surface area is 212 Å². The lowest BCUT2D eigenvalue weighted by Crippen LogP contribution is -2.62. The van der Waals surface area contributed by atoms with Crippen LogP contribution in [0.25, 0.3) is 10.9 Å². The van der Waals surface area contributed by atoms with Crippen LogP contribution in [0.15, 0.2) is 53.3 Å². The van der Waals surface area contributed by atoms with Crippen LogP contribution in [0.3, 0.4) is 0 Å². The minimum absolute atomic E-state index is 0.118. The average Bonchev–Trinajstić information content (AvgIpc) is 2.87. The number of hydrogen-bond donors (Lipinski definition) is 2. The van der Waals surface area contributed by atoms with Crippen LogP contribution in [0.1, 0.15) is 29.8 Å². The van der Waals surface area contributed by atoms with Crippen molar-refractivity contribution in [2.24, 2.45) is 0 Å². The van der Waals surface area contributed by atoms with Crippen LogP contribution in [0.4, 0.5) is 4.79 Å². The van der Waals surface area contributed by atoms with E-state index in [0.717, 1.165) is 4.57 Å². The molecule has 2 heterocycles. The van der Waals surface area contributed by atoms with E-state index in [-0.39, 0.29) is 43.2 Å². The lowest BCUT2D eigenvalue weighted by molar-refractivity contribution is -0.164. The summed E-state index contributed by atoms with van der Waals surface area (Å²) in [5, 5.41) is 5.07. The normalized spacial score (nSPS) is 17.3. The number of amides is 4. The van der Waals surface area contributed by atoms with Crippen molar-refractivity contribution in [3.8, 4) is 0 Å². The van der Waals surface area contributed by atoms with Gasteiger partial charge in [0.05, 0.1) is 10.9 Å². The third-order valence-electron chi connectivity index (χ3n) is 6.22. The summed E-state index contributed by atoms with van der Waals surface area (Å²) in [6, 6.07) is 13.5. The van der Waals surface area contributed by atoms with E-state index in [1.165, 1.54) is 11.8 Å². The molecule has 1 fully saturated rings. The number of carbonyl (C=O) groups excluding carboxylic acids is 4. The van der Waals surface area contributed by atoms with Gasteiger partial charge in [0, 0.05) is 27.1 Å². The second-order valence-electron chi connectivity index (χ2n) is 9.00. The molecular weight excluding hydrogens is 478 g/mol. The fourth-order valence-electron chi connectivity index (χ4n) is 4.28. The molecule has 2 N–H and O–H groups in total. The van der Waals surface area contributed by atoms with Crippen LogP contribution in [-0.4, -0.2) is 52.4 Å². The van der Waals surface area contributed by atoms with Gasteiger partial charge in [-0.25, -0.2) is 14.6 Å². The molecule has 0 unspecified atom stereocenters. The Hall–Kier alpha value is -4.54. The highest BCUT2D eigenvalue weighted by atomic mass is 16.5. The van der Waals surface area contributed by atoms with Crippen LogP contribution >= 0.6 is 0 Å². The first kappa shape index (κ1) is 25.5. The predicted octanol–water partition coefficient (Wildman–Crippen LogP) is 1.35. The molecule has 4 amide bonds. The van der Waals surface area contributed by atoms with Crippen molar-refractivity contribution < 1.29 is 23.9 Å². The smallest absolute Gasteiger partial charge is 0.342 e. The number of urea groups is 1. The Kier molecular flexibility index (Phi) is 7.05. The number of nitrogens with one attached hydrogen (secondary N) is 2. The molecule has 1 aliphatic heterocycles. The SMILES string of the molecule is Cc1nc2ccc(CNC(=O)N(C)C)cc2c(=O)n1[C@@]1(C(=O)OCc2ccccc2)CCC(=O)NC1=O. The summed E-state index contributed by atoms with van der Waals surface area (Å²) in [6.45, 7) is 1.55. The molecule has 37 heavy (non-hydrogen) atoms. The number of benzene rings is 2. The fourth-order valence-corrected chi connectivity index (χ4v) is 4.28. The topological polar surface area (TPSA) is 140 Å². The molecule has 0 radical (unpaired) electrons. The van der Waals surface area contributed by atoms with Crippen LogP contribution in [-0.2, 0) is 37.8 Å². The van der Waals surface area contributed by atoms with Crippen molar-refractivity contribution in [2.45, 2.75) is 38.5 Å². The number of carbonyl (C=O) groups is 4. The van der Waals surface area contributed by atoms with Crippen molar-refractivity contribution in [1.82, 2.24) is 25.1 Å². The summed E-state index contributed by atoms with van der Waals surface area (Å²) in [6.07, 6.45) is -0.412. The minimum atomic E-state index is -2.11. The second kappa shape index (κ2) is 10.2. The zero-order valence-electron chi connectivity index (χ0n) is 20.7. The third kappa shape index (κ3) is 4.92. The van der Waals surface area contributed by atoms with Crippen LogP contribution in [0.2, 0.25) is 0 Å². The van der Waals surface area contributed by atoms with Gasteiger partial charge in [-0.1, -0.05) is 36.4 Å². The summed E-state index contributed by atoms with van der Waals surface area (Å²) in [5.41, 5.74) is -1.06. The molecule has 4 rings (SSSR count). The third-order valence-corrected chi connectivity index (χ3v) is 6.22. The molecule has 3 aromatic rings. The number of fused-ring (bicyclic) bond motifs is 1. The van der Waals surface area contributed by atoms with Crippen molar-refractivity contribution >= 4 is 34.7 Å². The quantitative estimate of drug-likeness (QED) is 0.293. The van der Waals surface area contributed by atoms with E-state index in [1.54, 1.807) is 56.6 Å². The Morgan fingerprint density at radius 1 is 1.11 bits per heavy atom. The largest absolute Gasteiger partial charge is 0.459 e. The predicted molar refractivity (Wildman–Crippen MR) is 133 cm³/mol. The Bertz CT molecular complexity index is 1450. The molecule has 1 saturated heterocycles. The van der Waals surface area contributed by atoms with Crippen LogP contribution < -0.4 is 16.2 Å². The summed E-state index contributed by atoms with van der Waals surface area (Å²) in [7, 11) is 3.22. The van der Waals surface area contributed by atoms with E-state index >= 15 is 0 Å². The Balaban J connectivity index is 1.78. The fraction of sp³-hybridized carbons (Fsp3) is 0.308. The second-order valence-corrected chi connectivity index (χ2v) is 9.00. The molecule has 0 saturated carbocycles. The van der Waals surface area contributed by atoms with E-state index < -0.39 is 28.9 Å². The van der Waals surface area contributed by atoms with Crippen LogP contribution in [0, 0.1) is 6.92 Å². The van der Waals surface area contributed by atoms with Crippen molar-refractivity contribution in [3.05, 3.63) is 75.8 Å². The maximum atomic E-state index is 13.8. The van der Waals surface area contributed by atoms with Crippen LogP contribution in [0.5, 0.6) is 0 Å². The van der Waals surface area contributed by atoms with Gasteiger partial charge < -0.3 is 15.0 Å². The maximum Gasteiger partial charge on any atom is 0.342 e. The van der Waals surface area contributed by atoms with E-state index in [1.807, 2.05) is 6.07 Å². The highest BCUT2D eigenvalue weighted by molar-refractivity contribution is 6.13. The van der Waals surface area contributed by atoms with E-state index in [9.17, 15) is 24.0 Å². The van der Waals surface area contributed by atoms with E-state index in [4.69, 9.17) is 4.74 Å². The van der Waals surface area contributed by atoms with Crippen molar-refractivity contribution in [1.29, 1.82) is 0 Å². The first-order chi connectivity index (χ1) is 17.6. The zero-order chi connectivity index (χ0) is 26.7. The van der Waals surface area contributed by atoms with Gasteiger partial charge in [-0.3, -0.25) is 24.3 Å². The summed E-state index contributed by atoms with van der Waals surface area (Å²) < 4.78 is 6.53. The van der Waals surface area contributed by atoms with Gasteiger partial charge in [-0.2, -0.15) is 0 Å². The van der Waals surface area contributed by atoms with E-state index in [0.29, 0.717) is 16.6 Å². The van der Waals surface area contributed by atoms with Gasteiger partial charge >= 0.3 is 12.0 Å². The van der Waals surface area contributed by atoms with Crippen molar-refractivity contribution in [3.63, 3.8) is 0 Å². The van der Waals surface area contributed by atoms with E-state index in [2.05, 4.69) is 15.6 Å². The molecule has 1 atom stereocenters. The molecule has 11 nitrogen and oxygen atoms in total. The number of hydrogen-bond acceptors (Lipinski definition) is 7. The average molecular weight is 506 g/mol. The molecule has 0 bridgehead atoms. The zero-order valence-corrected chi connectivity index (χ0v) is 20.7. The molecule has 1 aromatic heterocycles. The van der Waals surface area contributed by atoms with Gasteiger partial charge in [-0.05, 0) is 36.6 Å². The number of aromatic nitrogens is 2. The standard InChI is InChI=1S/C26H27N5O6/c1-16-28-20-10-9-18(14-27-25(36)30(2)3)13-19(20)22(33)31(16)26(12-11-21(32)29-23(26)34)24(35)37-15-17-7-5-4-6-8-17/h4-10,13H,11-12,14-15H2,1-3H3,(H,27,36)(H,29,32,34)/t26-/m0/s1. The van der Waals surface area contributed by atoms with Crippen molar-refractivity contribution in [2.75, 3.05) is 14.1 Å². The maximum absolute atomic E-state index is 13.8. The number of esters is 1. The molecular formula is C26H27N5O6. The number of aryl methyl sites for hydroxylation is 1. The molecule has 2 aromatic carbocycles. The number of piperidine rings is 1. The van der Waals surface area contributed by atoms with Gasteiger partial charge in [-0.15, -0.1) is 0 Å². The highest BCUT2D eigenvalue weighted by Gasteiger charge is 2.54. The first-order valence-electron chi connectivity index (χ1n) is 11.7. The number of rotatable bonds is 6.